The molecule has 0 spiro atoms. The molecule has 1 unspecified atom stereocenters. The second-order valence-corrected chi connectivity index (χ2v) is 7.49. The van der Waals surface area contributed by atoms with E-state index < -0.39 is 23.6 Å². The van der Waals surface area contributed by atoms with E-state index in [1.54, 1.807) is 6.92 Å². The Morgan fingerprint density at radius 1 is 1.35 bits per heavy atom. The number of ether oxygens (including phenoxy) is 1. The maximum atomic E-state index is 12.1. The number of aliphatic hydroxyl groups is 1. The molecule has 2 fully saturated rings. The van der Waals surface area contributed by atoms with Crippen molar-refractivity contribution < 1.29 is 9.84 Å². The van der Waals surface area contributed by atoms with Gasteiger partial charge in [-0.15, -0.1) is 0 Å². The minimum Gasteiger partial charge on any atom is -0.394 e. The van der Waals surface area contributed by atoms with Crippen LogP contribution < -0.4 is 21.9 Å². The van der Waals surface area contributed by atoms with Crippen molar-refractivity contribution >= 4 is 17.3 Å². The van der Waals surface area contributed by atoms with E-state index in [0.29, 0.717) is 23.1 Å². The molecular weight excluding hydrogens is 356 g/mol. The second-order valence-electron chi connectivity index (χ2n) is 7.09. The van der Waals surface area contributed by atoms with Crippen LogP contribution in [0.15, 0.2) is 15.8 Å². The van der Waals surface area contributed by atoms with Gasteiger partial charge in [0.2, 0.25) is 0 Å². The van der Waals surface area contributed by atoms with Crippen LogP contribution >= 0.6 is 12.2 Å². The first-order valence-corrected chi connectivity index (χ1v) is 9.54. The Kier molecular flexibility index (Phi) is 6.10. The fourth-order valence-electron chi connectivity index (χ4n) is 3.66. The molecule has 1 saturated carbocycles. The summed E-state index contributed by atoms with van der Waals surface area (Å²) in [5.41, 5.74) is -0.499. The van der Waals surface area contributed by atoms with Gasteiger partial charge in [-0.05, 0) is 32.0 Å². The molecule has 2 aliphatic rings. The predicted octanol–water partition coefficient (Wildman–Crippen LogP) is 0.290. The molecule has 0 amide bonds. The lowest BCUT2D eigenvalue weighted by atomic mass is 9.96. The van der Waals surface area contributed by atoms with Crippen LogP contribution in [0.5, 0.6) is 0 Å². The zero-order valence-electron chi connectivity index (χ0n) is 14.9. The fourth-order valence-corrected chi connectivity index (χ4v) is 3.98. The van der Waals surface area contributed by atoms with E-state index in [1.807, 2.05) is 0 Å². The van der Waals surface area contributed by atoms with E-state index in [4.69, 9.17) is 17.0 Å². The largest absolute Gasteiger partial charge is 0.394 e. The number of H-pyrrole nitrogens is 1. The summed E-state index contributed by atoms with van der Waals surface area (Å²) in [4.78, 5) is 25.9. The summed E-state index contributed by atoms with van der Waals surface area (Å²) in [7, 11) is 0. The van der Waals surface area contributed by atoms with Gasteiger partial charge in [-0.25, -0.2) is 4.79 Å². The van der Waals surface area contributed by atoms with Crippen molar-refractivity contribution in [1.82, 2.24) is 20.2 Å². The number of thiocarbonyl (C=S) groups is 1. The molecule has 9 heteroatoms. The summed E-state index contributed by atoms with van der Waals surface area (Å²) < 4.78 is 7.18. The molecule has 1 aromatic rings. The number of nitrogens with one attached hydrogen (secondary N) is 3. The van der Waals surface area contributed by atoms with E-state index in [2.05, 4.69) is 15.6 Å². The lowest BCUT2D eigenvalue weighted by Crippen LogP contribution is -2.49. The normalized spacial score (nSPS) is 26.6. The van der Waals surface area contributed by atoms with Crippen LogP contribution in [-0.2, 0) is 4.74 Å². The molecule has 0 bridgehead atoms. The molecule has 0 radical (unpaired) electrons. The van der Waals surface area contributed by atoms with Crippen molar-refractivity contribution in [2.45, 2.75) is 69.9 Å². The molecule has 8 nitrogen and oxygen atoms in total. The van der Waals surface area contributed by atoms with E-state index >= 15 is 0 Å². The highest BCUT2D eigenvalue weighted by Gasteiger charge is 2.37. The Bertz CT molecular complexity index is 756. The molecule has 0 aromatic carbocycles. The van der Waals surface area contributed by atoms with Crippen LogP contribution in [0.2, 0.25) is 0 Å². The summed E-state index contributed by atoms with van der Waals surface area (Å²) in [6.45, 7) is 1.45. The van der Waals surface area contributed by atoms with Gasteiger partial charge in [0.05, 0.1) is 12.6 Å². The molecule has 3 atom stereocenters. The molecule has 1 aromatic heterocycles. The number of aromatic amines is 1. The fraction of sp³-hybridized carbons (Fsp3) is 0.706. The van der Waals surface area contributed by atoms with Crippen LogP contribution in [0.1, 0.15) is 50.3 Å². The van der Waals surface area contributed by atoms with Crippen LogP contribution in [0.25, 0.3) is 0 Å². The molecule has 3 rings (SSSR count). The van der Waals surface area contributed by atoms with E-state index in [-0.39, 0.29) is 12.6 Å². The standard InChI is InChI=1S/C17H26N4O4S/c1-10-8-21(17(24)20-15(10)23)14-7-12(13(9-22)25-14)19-16(26)18-11-5-3-2-4-6-11/h8,11-14,22H,2-7,9H2,1H3,(H2,18,19,26)(H,20,23,24)/t12?,13-,14-/m1/s1. The Labute approximate surface area is 157 Å². The molecular formula is C17H26N4O4S. The lowest BCUT2D eigenvalue weighted by Gasteiger charge is -2.26. The van der Waals surface area contributed by atoms with Crippen LogP contribution in [0, 0.1) is 6.92 Å². The number of hydrogen-bond acceptors (Lipinski definition) is 5. The number of hydrogen-bond donors (Lipinski definition) is 4. The topological polar surface area (TPSA) is 108 Å². The van der Waals surface area contributed by atoms with Crippen molar-refractivity contribution in [2.24, 2.45) is 0 Å². The van der Waals surface area contributed by atoms with Gasteiger partial charge < -0.3 is 20.5 Å². The Morgan fingerprint density at radius 3 is 2.77 bits per heavy atom. The molecule has 26 heavy (non-hydrogen) atoms. The van der Waals surface area contributed by atoms with E-state index in [0.717, 1.165) is 12.8 Å². The summed E-state index contributed by atoms with van der Waals surface area (Å²) in [5, 5.41) is 16.7. The van der Waals surface area contributed by atoms with Gasteiger partial charge in [-0.1, -0.05) is 19.3 Å². The lowest BCUT2D eigenvalue weighted by molar-refractivity contribution is -0.0281. The summed E-state index contributed by atoms with van der Waals surface area (Å²) in [5.74, 6) is 0. The zero-order chi connectivity index (χ0) is 18.7. The van der Waals surface area contributed by atoms with Gasteiger partial charge in [-0.2, -0.15) is 0 Å². The number of aryl methyl sites for hydroxylation is 1. The highest BCUT2D eigenvalue weighted by Crippen LogP contribution is 2.27. The zero-order valence-corrected chi connectivity index (χ0v) is 15.7. The first-order valence-electron chi connectivity index (χ1n) is 9.13. The Balaban J connectivity index is 1.65. The van der Waals surface area contributed by atoms with Gasteiger partial charge in [0, 0.05) is 24.2 Å². The third kappa shape index (κ3) is 4.33. The van der Waals surface area contributed by atoms with E-state index in [9.17, 15) is 14.7 Å². The predicted molar refractivity (Wildman–Crippen MR) is 101 cm³/mol. The van der Waals surface area contributed by atoms with Crippen LogP contribution in [0.3, 0.4) is 0 Å². The van der Waals surface area contributed by atoms with Gasteiger partial charge in [0.15, 0.2) is 5.11 Å². The summed E-state index contributed by atoms with van der Waals surface area (Å²) in [6.07, 6.45) is 6.82. The third-order valence-electron chi connectivity index (χ3n) is 5.13. The van der Waals surface area contributed by atoms with Crippen LogP contribution in [0.4, 0.5) is 0 Å². The highest BCUT2D eigenvalue weighted by molar-refractivity contribution is 7.80. The Morgan fingerprint density at radius 2 is 2.08 bits per heavy atom. The molecule has 144 valence electrons. The van der Waals surface area contributed by atoms with Crippen molar-refractivity contribution in [1.29, 1.82) is 0 Å². The number of rotatable bonds is 4. The first kappa shape index (κ1) is 19.1. The van der Waals surface area contributed by atoms with Crippen molar-refractivity contribution in [3.63, 3.8) is 0 Å². The smallest absolute Gasteiger partial charge is 0.330 e. The average Bonchev–Trinajstić information content (AvgIpc) is 3.01. The Hall–Kier alpha value is -1.71. The number of aromatic nitrogens is 2. The number of nitrogens with zero attached hydrogens (tertiary/aromatic N) is 1. The van der Waals surface area contributed by atoms with Crippen molar-refractivity contribution in [3.05, 3.63) is 32.6 Å². The molecule has 2 heterocycles. The molecule has 1 aliphatic heterocycles. The summed E-state index contributed by atoms with van der Waals surface area (Å²) >= 11 is 5.42. The molecule has 4 N–H and O–H groups in total. The van der Waals surface area contributed by atoms with Crippen LogP contribution in [-0.4, -0.2) is 44.6 Å². The minimum absolute atomic E-state index is 0.183. The number of aliphatic hydroxyl groups excluding tert-OH is 1. The van der Waals surface area contributed by atoms with Gasteiger partial charge >= 0.3 is 5.69 Å². The van der Waals surface area contributed by atoms with Gasteiger partial charge in [0.25, 0.3) is 5.56 Å². The second kappa shape index (κ2) is 8.32. The first-order chi connectivity index (χ1) is 12.5. The quantitative estimate of drug-likeness (QED) is 0.554. The van der Waals surface area contributed by atoms with E-state index in [1.165, 1.54) is 30.0 Å². The van der Waals surface area contributed by atoms with Crippen molar-refractivity contribution in [3.8, 4) is 0 Å². The van der Waals surface area contributed by atoms with Gasteiger partial charge in [0.1, 0.15) is 12.3 Å². The highest BCUT2D eigenvalue weighted by atomic mass is 32.1. The maximum Gasteiger partial charge on any atom is 0.330 e. The summed E-state index contributed by atoms with van der Waals surface area (Å²) in [6, 6.07) is 0.173. The molecule has 1 aliphatic carbocycles. The SMILES string of the molecule is Cc1cn([C@H]2CC(NC(=S)NC3CCCCC3)[C@@H](CO)O2)c(=O)[nH]c1=O. The van der Waals surface area contributed by atoms with Gasteiger partial charge in [-0.3, -0.25) is 14.3 Å². The average molecular weight is 382 g/mol. The molecule has 1 saturated heterocycles. The minimum atomic E-state index is -0.565. The van der Waals surface area contributed by atoms with Crippen molar-refractivity contribution in [2.75, 3.05) is 6.61 Å². The third-order valence-corrected chi connectivity index (χ3v) is 5.36. The monoisotopic (exact) mass is 382 g/mol. The maximum absolute atomic E-state index is 12.1.